The molecule has 10 nitrogen and oxygen atoms in total. The first-order valence-electron chi connectivity index (χ1n) is 16.0. The van der Waals surface area contributed by atoms with E-state index in [1.165, 1.54) is 13.2 Å². The summed E-state index contributed by atoms with van der Waals surface area (Å²) in [6.07, 6.45) is 1.34. The Morgan fingerprint density at radius 3 is 2.40 bits per heavy atom. The highest BCUT2D eigenvalue weighted by atomic mass is 35.5. The van der Waals surface area contributed by atoms with Gasteiger partial charge in [0.15, 0.2) is 6.10 Å². The van der Waals surface area contributed by atoms with Crippen molar-refractivity contribution in [1.82, 2.24) is 10.6 Å². The molecule has 254 valence electrons. The fraction of sp³-hybridized carbons (Fsp3) is 0.500. The van der Waals surface area contributed by atoms with Crippen molar-refractivity contribution in [1.29, 1.82) is 0 Å². The predicted molar refractivity (Wildman–Crippen MR) is 177 cm³/mol. The first kappa shape index (κ1) is 36.0. The van der Waals surface area contributed by atoms with Gasteiger partial charge in [-0.1, -0.05) is 74.8 Å². The van der Waals surface area contributed by atoms with Crippen LogP contribution in [0.2, 0.25) is 5.02 Å². The second-order valence-corrected chi connectivity index (χ2v) is 13.7. The SMILES string of the molecule is COc1ccc(C[C@H]2NC(=O)C=CCC([C@H](C)C3OC3c3ccccc3)OC(=O)[C@H](CC(C)C)OC(=O)C(C)(C)CNC2=O)cc1Cl. The molecule has 2 aliphatic heterocycles. The number of cyclic esters (lactones) is 2. The summed E-state index contributed by atoms with van der Waals surface area (Å²) in [6, 6.07) is 13.9. The van der Waals surface area contributed by atoms with E-state index in [0.29, 0.717) is 16.3 Å². The molecule has 2 heterocycles. The van der Waals surface area contributed by atoms with Crippen molar-refractivity contribution in [3.63, 3.8) is 0 Å². The highest BCUT2D eigenvalue weighted by Crippen LogP contribution is 2.45. The van der Waals surface area contributed by atoms with Gasteiger partial charge in [0.1, 0.15) is 24.0 Å². The summed E-state index contributed by atoms with van der Waals surface area (Å²) in [4.78, 5) is 53.6. The van der Waals surface area contributed by atoms with E-state index in [0.717, 1.165) is 5.56 Å². The lowest BCUT2D eigenvalue weighted by Gasteiger charge is -2.29. The Morgan fingerprint density at radius 1 is 1.02 bits per heavy atom. The third-order valence-corrected chi connectivity index (χ3v) is 8.70. The smallest absolute Gasteiger partial charge is 0.347 e. The first-order chi connectivity index (χ1) is 22.3. The number of amides is 2. The van der Waals surface area contributed by atoms with E-state index in [-0.39, 0.29) is 49.9 Å². The number of hydrogen-bond donors (Lipinski definition) is 2. The molecule has 2 aromatic carbocycles. The number of nitrogens with one attached hydrogen (secondary N) is 2. The van der Waals surface area contributed by atoms with Crippen LogP contribution in [-0.4, -0.2) is 61.8 Å². The molecule has 0 saturated carbocycles. The molecule has 47 heavy (non-hydrogen) atoms. The average molecular weight is 669 g/mol. The molecule has 2 amide bonds. The molecule has 11 heteroatoms. The van der Waals surface area contributed by atoms with Gasteiger partial charge < -0.3 is 29.6 Å². The fourth-order valence-corrected chi connectivity index (χ4v) is 5.75. The van der Waals surface area contributed by atoms with Crippen LogP contribution in [0, 0.1) is 17.3 Å². The Bertz CT molecular complexity index is 1460. The van der Waals surface area contributed by atoms with Crippen LogP contribution in [0.15, 0.2) is 60.7 Å². The van der Waals surface area contributed by atoms with E-state index in [1.807, 2.05) is 51.1 Å². The lowest BCUT2D eigenvalue weighted by molar-refractivity contribution is -0.179. The topological polar surface area (TPSA) is 133 Å². The van der Waals surface area contributed by atoms with Crippen molar-refractivity contribution in [2.45, 2.75) is 84.3 Å². The maximum absolute atomic E-state index is 13.6. The zero-order valence-corrected chi connectivity index (χ0v) is 28.5. The van der Waals surface area contributed by atoms with Crippen LogP contribution in [0.5, 0.6) is 5.75 Å². The Hall–Kier alpha value is -3.89. The van der Waals surface area contributed by atoms with Gasteiger partial charge >= 0.3 is 11.9 Å². The number of hydrogen-bond acceptors (Lipinski definition) is 8. The zero-order valence-electron chi connectivity index (χ0n) is 27.8. The minimum absolute atomic E-state index is 0.0228. The Labute approximate surface area is 281 Å². The van der Waals surface area contributed by atoms with Crippen molar-refractivity contribution in [3.8, 4) is 5.75 Å². The van der Waals surface area contributed by atoms with Crippen molar-refractivity contribution < 1.29 is 38.1 Å². The lowest BCUT2D eigenvalue weighted by Crippen LogP contribution is -2.51. The number of rotatable bonds is 8. The summed E-state index contributed by atoms with van der Waals surface area (Å²) in [5.74, 6) is -2.06. The van der Waals surface area contributed by atoms with Crippen LogP contribution in [-0.2, 0) is 39.8 Å². The Balaban J connectivity index is 1.61. The van der Waals surface area contributed by atoms with Gasteiger partial charge in [0.25, 0.3) is 0 Å². The third-order valence-electron chi connectivity index (χ3n) is 8.41. The third kappa shape index (κ3) is 9.81. The monoisotopic (exact) mass is 668 g/mol. The minimum Gasteiger partial charge on any atom is -0.495 e. The molecule has 1 fully saturated rings. The largest absolute Gasteiger partial charge is 0.495 e. The maximum Gasteiger partial charge on any atom is 0.347 e. The van der Waals surface area contributed by atoms with E-state index in [4.69, 9.17) is 30.5 Å². The number of benzene rings is 2. The summed E-state index contributed by atoms with van der Waals surface area (Å²) in [5.41, 5.74) is 0.524. The minimum atomic E-state index is -1.20. The second kappa shape index (κ2) is 15.8. The number of carbonyl (C=O) groups is 4. The fourth-order valence-electron chi connectivity index (χ4n) is 5.46. The molecule has 1 saturated heterocycles. The quantitative estimate of drug-likeness (QED) is 0.293. The van der Waals surface area contributed by atoms with Crippen molar-refractivity contribution >= 4 is 35.4 Å². The number of carbonyl (C=O) groups excluding carboxylic acids is 4. The Kier molecular flexibility index (Phi) is 12.1. The van der Waals surface area contributed by atoms with Crippen molar-refractivity contribution in [3.05, 3.63) is 76.8 Å². The van der Waals surface area contributed by atoms with Gasteiger partial charge in [-0.05, 0) is 55.5 Å². The van der Waals surface area contributed by atoms with Gasteiger partial charge in [-0.3, -0.25) is 14.4 Å². The maximum atomic E-state index is 13.6. The Morgan fingerprint density at radius 2 is 1.74 bits per heavy atom. The summed E-state index contributed by atoms with van der Waals surface area (Å²) < 4.78 is 23.1. The molecule has 4 rings (SSSR count). The second-order valence-electron chi connectivity index (χ2n) is 13.3. The highest BCUT2D eigenvalue weighted by Gasteiger charge is 2.48. The van der Waals surface area contributed by atoms with Crippen LogP contribution in [0.25, 0.3) is 0 Å². The van der Waals surface area contributed by atoms with E-state index in [2.05, 4.69) is 10.6 Å². The van der Waals surface area contributed by atoms with Gasteiger partial charge in [0, 0.05) is 25.3 Å². The number of ether oxygens (including phenoxy) is 4. The normalized spacial score (nSPS) is 26.1. The van der Waals surface area contributed by atoms with Crippen molar-refractivity contribution in [2.75, 3.05) is 13.7 Å². The highest BCUT2D eigenvalue weighted by molar-refractivity contribution is 6.32. The van der Waals surface area contributed by atoms with E-state index >= 15 is 0 Å². The molecule has 2 aliphatic rings. The number of halogens is 1. The standard InChI is InChI=1S/C36H45ClN2O8/c1-21(2)17-29-34(42)45-27(22(3)31-32(47-31)24-11-8-7-9-12-24)13-10-14-30(40)39-26(19-23-15-16-28(44-6)25(37)18-23)33(41)38-20-36(4,5)35(43)46-29/h7-12,14-16,18,21-22,26-27,29,31-32H,13,17,19-20H2,1-6H3,(H,38,41)(H,39,40)/t22-,26+,27?,29-,31?,32?/m0/s1. The number of epoxide rings is 1. The van der Waals surface area contributed by atoms with Crippen LogP contribution < -0.4 is 15.4 Å². The van der Waals surface area contributed by atoms with Crippen LogP contribution in [0.1, 0.15) is 64.7 Å². The summed E-state index contributed by atoms with van der Waals surface area (Å²) >= 11 is 6.32. The molecule has 0 aliphatic carbocycles. The average Bonchev–Trinajstić information content (AvgIpc) is 3.83. The molecule has 0 spiro atoms. The van der Waals surface area contributed by atoms with Crippen molar-refractivity contribution in [2.24, 2.45) is 17.3 Å². The van der Waals surface area contributed by atoms with E-state index in [1.54, 1.807) is 38.1 Å². The molecule has 3 unspecified atom stereocenters. The van der Waals surface area contributed by atoms with Gasteiger partial charge in [-0.25, -0.2) is 4.79 Å². The van der Waals surface area contributed by atoms with E-state index in [9.17, 15) is 19.2 Å². The summed E-state index contributed by atoms with van der Waals surface area (Å²) in [5, 5.41) is 5.91. The summed E-state index contributed by atoms with van der Waals surface area (Å²) in [6.45, 7) is 8.92. The van der Waals surface area contributed by atoms with Crippen LogP contribution in [0.4, 0.5) is 0 Å². The molecule has 6 atom stereocenters. The lowest BCUT2D eigenvalue weighted by atomic mass is 9.92. The number of methoxy groups -OCH3 is 1. The van der Waals surface area contributed by atoms with Crippen LogP contribution >= 0.6 is 11.6 Å². The van der Waals surface area contributed by atoms with E-state index < -0.39 is 47.4 Å². The van der Waals surface area contributed by atoms with Crippen LogP contribution in [0.3, 0.4) is 0 Å². The number of esters is 2. The molecule has 2 aromatic rings. The molecular formula is C36H45ClN2O8. The molecule has 0 aromatic heterocycles. The predicted octanol–water partition coefficient (Wildman–Crippen LogP) is 5.12. The molecular weight excluding hydrogens is 624 g/mol. The first-order valence-corrected chi connectivity index (χ1v) is 16.4. The van der Waals surface area contributed by atoms with Gasteiger partial charge in [0.05, 0.1) is 23.7 Å². The van der Waals surface area contributed by atoms with Gasteiger partial charge in [-0.15, -0.1) is 0 Å². The summed E-state index contributed by atoms with van der Waals surface area (Å²) in [7, 11) is 1.51. The molecule has 0 bridgehead atoms. The van der Waals surface area contributed by atoms with Gasteiger partial charge in [-0.2, -0.15) is 0 Å². The molecule has 2 N–H and O–H groups in total. The molecule has 0 radical (unpaired) electrons. The zero-order chi connectivity index (χ0) is 34.3. The van der Waals surface area contributed by atoms with Gasteiger partial charge in [0.2, 0.25) is 11.8 Å².